The number of nitrogens with two attached hydrogens (primary N) is 1. The summed E-state index contributed by atoms with van der Waals surface area (Å²) in [7, 11) is 3.28. The summed E-state index contributed by atoms with van der Waals surface area (Å²) in [6, 6.07) is 7.86. The first-order chi connectivity index (χ1) is 18.7. The second-order valence-corrected chi connectivity index (χ2v) is 11.5. The average molecular weight is 596 g/mol. The molecule has 2 atom stereocenters. The van der Waals surface area contributed by atoms with Gasteiger partial charge in [-0.3, -0.25) is 9.69 Å². The Labute approximate surface area is 232 Å². The van der Waals surface area contributed by atoms with Crippen LogP contribution < -0.4 is 16.0 Å². The summed E-state index contributed by atoms with van der Waals surface area (Å²) in [5, 5.41) is 13.8. The number of hydrogen-bond donors (Lipinski definition) is 2. The predicted molar refractivity (Wildman–Crippen MR) is 150 cm³/mol. The first-order valence-corrected chi connectivity index (χ1v) is 13.7. The van der Waals surface area contributed by atoms with E-state index in [0.29, 0.717) is 36.6 Å². The van der Waals surface area contributed by atoms with E-state index in [1.807, 2.05) is 12.1 Å². The van der Waals surface area contributed by atoms with Gasteiger partial charge in [0.1, 0.15) is 6.61 Å². The smallest absolute Gasteiger partial charge is 0.337 e. The Morgan fingerprint density at radius 2 is 2.10 bits per heavy atom. The first kappa shape index (κ1) is 25.6. The highest BCUT2D eigenvalue weighted by molar-refractivity contribution is 9.10. The average Bonchev–Trinajstić information content (AvgIpc) is 3.51. The van der Waals surface area contributed by atoms with Crippen molar-refractivity contribution < 1.29 is 14.6 Å². The van der Waals surface area contributed by atoms with E-state index in [-0.39, 0.29) is 22.2 Å². The Kier molecular flexibility index (Phi) is 6.26. The Morgan fingerprint density at radius 3 is 2.90 bits per heavy atom. The summed E-state index contributed by atoms with van der Waals surface area (Å²) >= 11 is 3.60. The maximum absolute atomic E-state index is 12.9. The lowest BCUT2D eigenvalue weighted by Crippen LogP contribution is -2.38. The minimum Gasteiger partial charge on any atom is -0.478 e. The molecule has 0 amide bonds. The summed E-state index contributed by atoms with van der Waals surface area (Å²) in [5.41, 5.74) is 8.73. The number of nitrogen functional groups attached to an aromatic ring is 1. The maximum Gasteiger partial charge on any atom is 0.337 e. The second kappa shape index (κ2) is 9.53. The Hall–Kier alpha value is -3.64. The molecule has 0 radical (unpaired) electrons. The number of ether oxygens (including phenoxy) is 1. The van der Waals surface area contributed by atoms with Crippen molar-refractivity contribution in [3.8, 4) is 17.0 Å². The van der Waals surface area contributed by atoms with Crippen LogP contribution in [0, 0.1) is 0 Å². The zero-order valence-corrected chi connectivity index (χ0v) is 23.4. The molecule has 2 aliphatic rings. The highest BCUT2D eigenvalue weighted by Crippen LogP contribution is 2.46. The molecule has 4 aromatic rings. The van der Waals surface area contributed by atoms with Crippen molar-refractivity contribution in [1.29, 1.82) is 0 Å². The monoisotopic (exact) mass is 595 g/mol. The van der Waals surface area contributed by atoms with Gasteiger partial charge in [-0.25, -0.2) is 14.5 Å². The molecule has 12 heteroatoms. The van der Waals surface area contributed by atoms with Crippen molar-refractivity contribution in [1.82, 2.24) is 28.8 Å². The molecule has 2 bridgehead atoms. The highest BCUT2D eigenvalue weighted by Gasteiger charge is 2.49. The SMILES string of the molecule is Cn1ncc(-c2cc(C(=O)O)cn(C)c2=O)c1OCCN1CC2(n3c(N)nc4ccc(Br)cc43)CCCC1C2. The molecule has 2 unspecified atom stereocenters. The van der Waals surface area contributed by atoms with Gasteiger partial charge in [0, 0.05) is 43.9 Å². The van der Waals surface area contributed by atoms with Gasteiger partial charge in [-0.2, -0.15) is 5.10 Å². The molecule has 1 aromatic carbocycles. The number of aryl methyl sites for hydroxylation is 2. The Bertz CT molecular complexity index is 1660. The van der Waals surface area contributed by atoms with Crippen molar-refractivity contribution in [2.45, 2.75) is 37.3 Å². The molecule has 3 aromatic heterocycles. The number of carbonyl (C=O) groups is 1. The number of imidazole rings is 1. The van der Waals surface area contributed by atoms with Crippen LogP contribution in [0.5, 0.6) is 5.88 Å². The highest BCUT2D eigenvalue weighted by atomic mass is 79.9. The fourth-order valence-electron chi connectivity index (χ4n) is 6.44. The van der Waals surface area contributed by atoms with Crippen LogP contribution in [0.4, 0.5) is 5.95 Å². The number of aromatic nitrogens is 5. The number of nitrogens with zero attached hydrogens (tertiary/aromatic N) is 6. The van der Waals surface area contributed by atoms with Crippen LogP contribution in [0.1, 0.15) is 36.0 Å². The molecule has 0 spiro atoms. The van der Waals surface area contributed by atoms with Crippen LogP contribution >= 0.6 is 15.9 Å². The quantitative estimate of drug-likeness (QED) is 0.333. The van der Waals surface area contributed by atoms with Gasteiger partial charge in [-0.05, 0) is 49.9 Å². The van der Waals surface area contributed by atoms with Gasteiger partial charge < -0.3 is 24.7 Å². The largest absolute Gasteiger partial charge is 0.478 e. The Morgan fingerprint density at radius 1 is 1.28 bits per heavy atom. The van der Waals surface area contributed by atoms with Gasteiger partial charge in [0.15, 0.2) is 0 Å². The molecule has 1 aliphatic carbocycles. The normalized spacial score (nSPS) is 21.1. The van der Waals surface area contributed by atoms with Crippen LogP contribution in [0.15, 0.2) is 45.9 Å². The zero-order valence-electron chi connectivity index (χ0n) is 21.8. The van der Waals surface area contributed by atoms with E-state index in [9.17, 15) is 14.7 Å². The van der Waals surface area contributed by atoms with E-state index >= 15 is 0 Å². The molecule has 6 rings (SSSR count). The predicted octanol–water partition coefficient (Wildman–Crippen LogP) is 3.21. The minimum atomic E-state index is -1.11. The molecule has 204 valence electrons. The number of likely N-dealkylation sites (tertiary alicyclic amines) is 1. The molecule has 11 nitrogen and oxygen atoms in total. The summed E-state index contributed by atoms with van der Waals surface area (Å²) in [6.45, 7) is 1.94. The van der Waals surface area contributed by atoms with E-state index in [4.69, 9.17) is 10.5 Å². The third-order valence-electron chi connectivity index (χ3n) is 8.15. The lowest BCUT2D eigenvalue weighted by Gasteiger charge is -2.34. The number of carboxylic acid groups (broad SMARTS) is 1. The van der Waals surface area contributed by atoms with E-state index in [2.05, 4.69) is 41.5 Å². The third-order valence-corrected chi connectivity index (χ3v) is 8.64. The van der Waals surface area contributed by atoms with Gasteiger partial charge in [-0.15, -0.1) is 0 Å². The number of anilines is 1. The van der Waals surface area contributed by atoms with Crippen LogP contribution in [-0.2, 0) is 19.6 Å². The van der Waals surface area contributed by atoms with Gasteiger partial charge in [-0.1, -0.05) is 15.9 Å². The molecular formula is C27H30BrN7O4. The Balaban J connectivity index is 1.23. The van der Waals surface area contributed by atoms with Crippen molar-refractivity contribution in [3.05, 3.63) is 57.0 Å². The summed E-state index contributed by atoms with van der Waals surface area (Å²) in [4.78, 5) is 31.5. The van der Waals surface area contributed by atoms with E-state index < -0.39 is 5.97 Å². The van der Waals surface area contributed by atoms with Crippen LogP contribution in [0.2, 0.25) is 0 Å². The number of aromatic carboxylic acids is 1. The first-order valence-electron chi connectivity index (χ1n) is 12.9. The second-order valence-electron chi connectivity index (χ2n) is 10.6. The fourth-order valence-corrected chi connectivity index (χ4v) is 6.79. The topological polar surface area (TPSA) is 133 Å². The lowest BCUT2D eigenvalue weighted by molar-refractivity contribution is 0.0696. The number of halogens is 1. The minimum absolute atomic E-state index is 0.0230. The number of benzene rings is 1. The van der Waals surface area contributed by atoms with Crippen molar-refractivity contribution in [2.75, 3.05) is 25.4 Å². The van der Waals surface area contributed by atoms with Crippen molar-refractivity contribution in [2.24, 2.45) is 14.1 Å². The van der Waals surface area contributed by atoms with Gasteiger partial charge in [0.05, 0.1) is 39.5 Å². The van der Waals surface area contributed by atoms with Crippen LogP contribution in [-0.4, -0.2) is 65.6 Å². The molecule has 4 heterocycles. The van der Waals surface area contributed by atoms with Gasteiger partial charge >= 0.3 is 5.97 Å². The molecule has 1 saturated heterocycles. The van der Waals surface area contributed by atoms with E-state index in [1.165, 1.54) is 23.9 Å². The van der Waals surface area contributed by atoms with E-state index in [0.717, 1.165) is 47.7 Å². The summed E-state index contributed by atoms with van der Waals surface area (Å²) < 4.78 is 12.3. The third kappa shape index (κ3) is 4.31. The summed E-state index contributed by atoms with van der Waals surface area (Å²) in [5.74, 6) is -0.126. The molecule has 3 N–H and O–H groups in total. The summed E-state index contributed by atoms with van der Waals surface area (Å²) in [6.07, 6.45) is 7.13. The van der Waals surface area contributed by atoms with Gasteiger partial charge in [0.25, 0.3) is 5.56 Å². The number of carboxylic acids is 1. The maximum atomic E-state index is 12.9. The molecule has 2 fully saturated rings. The number of pyridine rings is 1. The molecular weight excluding hydrogens is 566 g/mol. The number of fused-ring (bicyclic) bond motifs is 3. The van der Waals surface area contributed by atoms with Crippen molar-refractivity contribution in [3.63, 3.8) is 0 Å². The lowest BCUT2D eigenvalue weighted by atomic mass is 9.83. The van der Waals surface area contributed by atoms with E-state index in [1.54, 1.807) is 17.9 Å². The van der Waals surface area contributed by atoms with Crippen LogP contribution in [0.25, 0.3) is 22.2 Å². The standard InChI is InChI=1S/C27H30BrN7O4/c1-32-14-16(25(37)38)10-19(23(32)36)20-13-30-33(2)24(20)39-9-8-34-15-27(7-3-4-18(34)12-27)35-22-11-17(28)5-6-21(22)31-26(35)29/h5-6,10-11,13-14,18H,3-4,7-9,12,15H2,1-2H3,(H2,29,31)(H,37,38). The molecule has 39 heavy (non-hydrogen) atoms. The molecule has 1 aliphatic heterocycles. The molecule has 1 saturated carbocycles. The number of hydrogen-bond acceptors (Lipinski definition) is 7. The number of rotatable bonds is 7. The van der Waals surface area contributed by atoms with Crippen molar-refractivity contribution >= 4 is 38.9 Å². The fraction of sp³-hybridized carbons (Fsp3) is 0.407. The van der Waals surface area contributed by atoms with Crippen LogP contribution in [0.3, 0.4) is 0 Å². The zero-order chi connectivity index (χ0) is 27.5. The van der Waals surface area contributed by atoms with Gasteiger partial charge in [0.2, 0.25) is 11.8 Å².